The van der Waals surface area contributed by atoms with Crippen LogP contribution in [0.4, 0.5) is 5.69 Å². The van der Waals surface area contributed by atoms with Gasteiger partial charge in [0, 0.05) is 13.3 Å². The van der Waals surface area contributed by atoms with Gasteiger partial charge in [-0.15, -0.1) is 0 Å². The van der Waals surface area contributed by atoms with E-state index in [-0.39, 0.29) is 12.6 Å². The number of methoxy groups -OCH3 is 1. The van der Waals surface area contributed by atoms with Crippen LogP contribution in [0.3, 0.4) is 0 Å². The van der Waals surface area contributed by atoms with Crippen molar-refractivity contribution in [3.05, 3.63) is 59.7 Å². The number of aromatic nitrogens is 4. The van der Waals surface area contributed by atoms with Crippen LogP contribution in [-0.2, 0) is 18.2 Å². The molecule has 3 rings (SSSR count). The Bertz CT molecular complexity index is 880. The van der Waals surface area contributed by atoms with Gasteiger partial charge in [-0.3, -0.25) is 4.79 Å². The Hall–Kier alpha value is -3.13. The van der Waals surface area contributed by atoms with Gasteiger partial charge >= 0.3 is 0 Å². The van der Waals surface area contributed by atoms with Gasteiger partial charge in [-0.1, -0.05) is 6.07 Å². The van der Waals surface area contributed by atoms with Crippen LogP contribution in [0.25, 0.3) is 0 Å². The number of carbonyl (C=O) groups excluding carboxylic acids is 1. The molecule has 26 heavy (non-hydrogen) atoms. The van der Waals surface area contributed by atoms with Crippen molar-refractivity contribution in [1.29, 1.82) is 0 Å². The minimum absolute atomic E-state index is 0.224. The number of carbonyl (C=O) groups is 1. The molecule has 2 heterocycles. The molecule has 1 aromatic carbocycles. The molecule has 0 aliphatic carbocycles. The maximum Gasteiger partial charge on any atom is 0.276 e. The Kier molecular flexibility index (Phi) is 5.33. The lowest BCUT2D eigenvalue weighted by Crippen LogP contribution is -2.14. The largest absolute Gasteiger partial charge is 0.471 e. The highest BCUT2D eigenvalue weighted by Crippen LogP contribution is 2.16. The van der Waals surface area contributed by atoms with E-state index in [0.29, 0.717) is 18.1 Å². The molecule has 0 radical (unpaired) electrons. The summed E-state index contributed by atoms with van der Waals surface area (Å²) >= 11 is 0. The molecule has 0 aliphatic heterocycles. The summed E-state index contributed by atoms with van der Waals surface area (Å²) < 4.78 is 13.9. The minimum Gasteiger partial charge on any atom is -0.471 e. The second-order valence-corrected chi connectivity index (χ2v) is 5.98. The number of hydrogen-bond donors (Lipinski definition) is 1. The molecular weight excluding hydrogens is 334 g/mol. The summed E-state index contributed by atoms with van der Waals surface area (Å²) in [4.78, 5) is 12.3. The molecular formula is C18H21N5O3. The van der Waals surface area contributed by atoms with E-state index in [4.69, 9.17) is 9.47 Å². The average molecular weight is 355 g/mol. The number of rotatable bonds is 7. The Labute approximate surface area is 151 Å². The minimum atomic E-state index is -0.313. The zero-order valence-corrected chi connectivity index (χ0v) is 15.0. The molecule has 0 fully saturated rings. The van der Waals surface area contributed by atoms with Gasteiger partial charge in [0.1, 0.15) is 12.5 Å². The number of amides is 1. The van der Waals surface area contributed by atoms with Gasteiger partial charge in [-0.25, -0.2) is 9.36 Å². The van der Waals surface area contributed by atoms with Crippen molar-refractivity contribution in [3.63, 3.8) is 0 Å². The van der Waals surface area contributed by atoms with Crippen molar-refractivity contribution in [3.8, 4) is 5.75 Å². The number of hydrogen-bond acceptors (Lipinski definition) is 5. The molecule has 1 amide bonds. The molecule has 136 valence electrons. The van der Waals surface area contributed by atoms with E-state index in [9.17, 15) is 4.79 Å². The van der Waals surface area contributed by atoms with E-state index in [0.717, 1.165) is 16.9 Å². The van der Waals surface area contributed by atoms with Crippen LogP contribution in [0.15, 0.2) is 42.9 Å². The van der Waals surface area contributed by atoms with Gasteiger partial charge in [0.25, 0.3) is 5.91 Å². The van der Waals surface area contributed by atoms with Crippen LogP contribution in [0.1, 0.15) is 21.6 Å². The topological polar surface area (TPSA) is 83.2 Å². The number of nitrogens with zero attached hydrogens (tertiary/aromatic N) is 4. The zero-order valence-electron chi connectivity index (χ0n) is 15.0. The van der Waals surface area contributed by atoms with Gasteiger partial charge in [-0.2, -0.15) is 10.2 Å². The predicted octanol–water partition coefficient (Wildman–Crippen LogP) is 2.59. The van der Waals surface area contributed by atoms with Crippen LogP contribution in [0, 0.1) is 13.8 Å². The number of anilines is 1. The normalized spacial score (nSPS) is 10.7. The number of benzene rings is 1. The Balaban J connectivity index is 1.58. The molecule has 1 N–H and O–H groups in total. The van der Waals surface area contributed by atoms with Gasteiger partial charge in [0.15, 0.2) is 12.4 Å². The van der Waals surface area contributed by atoms with E-state index < -0.39 is 0 Å². The van der Waals surface area contributed by atoms with Crippen LogP contribution in [0.5, 0.6) is 5.75 Å². The summed E-state index contributed by atoms with van der Waals surface area (Å²) in [5, 5.41) is 11.0. The Morgan fingerprint density at radius 2 is 1.92 bits per heavy atom. The van der Waals surface area contributed by atoms with Crippen LogP contribution < -0.4 is 10.1 Å². The third kappa shape index (κ3) is 4.48. The first-order chi connectivity index (χ1) is 12.5. The van der Waals surface area contributed by atoms with E-state index in [1.54, 1.807) is 41.1 Å². The Morgan fingerprint density at radius 3 is 2.65 bits per heavy atom. The molecule has 0 saturated carbocycles. The average Bonchev–Trinajstić information content (AvgIpc) is 3.22. The quantitative estimate of drug-likeness (QED) is 0.704. The second-order valence-electron chi connectivity index (χ2n) is 5.98. The van der Waals surface area contributed by atoms with E-state index in [2.05, 4.69) is 21.6 Å². The summed E-state index contributed by atoms with van der Waals surface area (Å²) in [5.41, 5.74) is 3.14. The van der Waals surface area contributed by atoms with Crippen molar-refractivity contribution in [2.45, 2.75) is 27.3 Å². The second kappa shape index (κ2) is 7.83. The van der Waals surface area contributed by atoms with E-state index in [1.807, 2.05) is 26.0 Å². The maximum atomic E-state index is 12.3. The zero-order chi connectivity index (χ0) is 18.5. The lowest BCUT2D eigenvalue weighted by Gasteiger charge is -2.08. The van der Waals surface area contributed by atoms with E-state index in [1.165, 1.54) is 0 Å². The SMILES string of the molecule is COCn1cc(NC(=O)c2ccn(COc3cc(C)cc(C)c3)n2)cn1. The van der Waals surface area contributed by atoms with Gasteiger partial charge in [-0.05, 0) is 43.2 Å². The molecule has 2 aromatic heterocycles. The molecule has 8 nitrogen and oxygen atoms in total. The summed E-state index contributed by atoms with van der Waals surface area (Å²) in [5.74, 6) is 0.460. The van der Waals surface area contributed by atoms with Crippen molar-refractivity contribution in [2.75, 3.05) is 12.4 Å². The summed E-state index contributed by atoms with van der Waals surface area (Å²) in [6, 6.07) is 7.64. The molecule has 8 heteroatoms. The summed E-state index contributed by atoms with van der Waals surface area (Å²) in [6.45, 7) is 4.58. The fraction of sp³-hybridized carbons (Fsp3) is 0.278. The number of ether oxygens (including phenoxy) is 2. The fourth-order valence-corrected chi connectivity index (χ4v) is 2.54. The molecule has 3 aromatic rings. The van der Waals surface area contributed by atoms with Crippen molar-refractivity contribution in [1.82, 2.24) is 19.6 Å². The van der Waals surface area contributed by atoms with Gasteiger partial charge in [0.2, 0.25) is 0 Å². The van der Waals surface area contributed by atoms with Gasteiger partial charge < -0.3 is 14.8 Å². The highest BCUT2D eigenvalue weighted by atomic mass is 16.5. The highest BCUT2D eigenvalue weighted by Gasteiger charge is 2.11. The molecule has 0 saturated heterocycles. The maximum absolute atomic E-state index is 12.3. The summed E-state index contributed by atoms with van der Waals surface area (Å²) in [6.07, 6.45) is 4.94. The smallest absolute Gasteiger partial charge is 0.276 e. The molecule has 0 atom stereocenters. The summed E-state index contributed by atoms with van der Waals surface area (Å²) in [7, 11) is 1.58. The molecule has 0 spiro atoms. The first kappa shape index (κ1) is 17.7. The monoisotopic (exact) mass is 355 g/mol. The van der Waals surface area contributed by atoms with E-state index >= 15 is 0 Å². The first-order valence-corrected chi connectivity index (χ1v) is 8.11. The predicted molar refractivity (Wildman–Crippen MR) is 96.0 cm³/mol. The molecule has 0 aliphatic rings. The van der Waals surface area contributed by atoms with Crippen molar-refractivity contribution < 1.29 is 14.3 Å². The molecule has 0 bridgehead atoms. The lowest BCUT2D eigenvalue weighted by atomic mass is 10.1. The third-order valence-corrected chi connectivity index (χ3v) is 3.58. The third-order valence-electron chi connectivity index (χ3n) is 3.58. The van der Waals surface area contributed by atoms with Crippen LogP contribution >= 0.6 is 0 Å². The van der Waals surface area contributed by atoms with Gasteiger partial charge in [0.05, 0.1) is 18.1 Å². The van der Waals surface area contributed by atoms with Crippen LogP contribution in [0.2, 0.25) is 0 Å². The fourth-order valence-electron chi connectivity index (χ4n) is 2.54. The number of nitrogens with one attached hydrogen (secondary N) is 1. The first-order valence-electron chi connectivity index (χ1n) is 8.11. The molecule has 0 unspecified atom stereocenters. The Morgan fingerprint density at radius 1 is 1.15 bits per heavy atom. The standard InChI is InChI=1S/C18H21N5O3/c1-13-6-14(2)8-16(7-13)26-12-22-5-4-17(21-22)18(24)20-15-9-19-23(10-15)11-25-3/h4-10H,11-12H2,1-3H3,(H,20,24). The van der Waals surface area contributed by atoms with Crippen molar-refractivity contribution in [2.24, 2.45) is 0 Å². The highest BCUT2D eigenvalue weighted by molar-refractivity contribution is 6.02. The lowest BCUT2D eigenvalue weighted by molar-refractivity contribution is 0.102. The van der Waals surface area contributed by atoms with Crippen LogP contribution in [-0.4, -0.2) is 32.6 Å². The number of aryl methyl sites for hydroxylation is 2. The van der Waals surface area contributed by atoms with Crippen molar-refractivity contribution >= 4 is 11.6 Å².